The first-order chi connectivity index (χ1) is 13.6. The van der Waals surface area contributed by atoms with E-state index in [0.717, 1.165) is 36.9 Å². The van der Waals surface area contributed by atoms with E-state index in [2.05, 4.69) is 67.4 Å². The predicted octanol–water partition coefficient (Wildman–Crippen LogP) is 4.19. The maximum Gasteiger partial charge on any atom is 0.191 e. The van der Waals surface area contributed by atoms with Gasteiger partial charge >= 0.3 is 0 Å². The third-order valence-electron chi connectivity index (χ3n) is 4.13. The summed E-state index contributed by atoms with van der Waals surface area (Å²) in [4.78, 5) is 6.92. The number of nitrogens with zero attached hydrogens (tertiary/aromatic N) is 2. The highest BCUT2D eigenvalue weighted by Gasteiger charge is 2.06. The standard InChI is InChI=1S/C23H32N4O.HI/c1-5-15-28-22-14-10-9-12-20(22)17-26-23(24-6-2)25-16-19-11-7-8-13-21(19)18-27(3)4;/h5,7-14H,1,6,15-18H2,2-4H3,(H2,24,25,26);1H. The summed E-state index contributed by atoms with van der Waals surface area (Å²) in [6.45, 7) is 9.25. The fourth-order valence-corrected chi connectivity index (χ4v) is 2.83. The Balaban J connectivity index is 0.00000420. The fraction of sp³-hybridized carbons (Fsp3) is 0.348. The van der Waals surface area contributed by atoms with Gasteiger partial charge in [-0.3, -0.25) is 0 Å². The van der Waals surface area contributed by atoms with Crippen LogP contribution in [0.5, 0.6) is 5.75 Å². The van der Waals surface area contributed by atoms with Crippen molar-refractivity contribution in [1.82, 2.24) is 15.5 Å². The molecule has 2 aromatic carbocycles. The van der Waals surface area contributed by atoms with Gasteiger partial charge in [0.05, 0.1) is 6.54 Å². The number of benzene rings is 2. The van der Waals surface area contributed by atoms with Crippen LogP contribution in [0.1, 0.15) is 23.6 Å². The van der Waals surface area contributed by atoms with Crippen molar-refractivity contribution in [1.29, 1.82) is 0 Å². The molecule has 2 N–H and O–H groups in total. The van der Waals surface area contributed by atoms with Crippen LogP contribution < -0.4 is 15.4 Å². The number of rotatable bonds is 10. The van der Waals surface area contributed by atoms with Crippen LogP contribution in [0.25, 0.3) is 0 Å². The highest BCUT2D eigenvalue weighted by molar-refractivity contribution is 14.0. The molecule has 0 aromatic heterocycles. The van der Waals surface area contributed by atoms with Gasteiger partial charge in [-0.2, -0.15) is 0 Å². The number of nitrogens with one attached hydrogen (secondary N) is 2. The van der Waals surface area contributed by atoms with Crippen LogP contribution in [0.2, 0.25) is 0 Å². The van der Waals surface area contributed by atoms with E-state index in [1.54, 1.807) is 6.08 Å². The Bertz CT molecular complexity index is 777. The molecule has 0 bridgehead atoms. The minimum Gasteiger partial charge on any atom is -0.489 e. The molecule has 0 atom stereocenters. The summed E-state index contributed by atoms with van der Waals surface area (Å²) in [6.07, 6.45) is 1.75. The molecule has 6 heteroatoms. The van der Waals surface area contributed by atoms with Crippen molar-refractivity contribution in [3.05, 3.63) is 77.9 Å². The Hall–Kier alpha value is -2.06. The molecule has 0 unspecified atom stereocenters. The van der Waals surface area contributed by atoms with Crippen molar-refractivity contribution < 1.29 is 4.74 Å². The van der Waals surface area contributed by atoms with E-state index < -0.39 is 0 Å². The molecule has 0 aliphatic carbocycles. The van der Waals surface area contributed by atoms with E-state index in [-0.39, 0.29) is 24.0 Å². The number of hydrogen-bond donors (Lipinski definition) is 2. The van der Waals surface area contributed by atoms with Gasteiger partial charge in [-0.25, -0.2) is 4.99 Å². The van der Waals surface area contributed by atoms with E-state index in [9.17, 15) is 0 Å². The monoisotopic (exact) mass is 508 g/mol. The molecule has 0 heterocycles. The van der Waals surface area contributed by atoms with Gasteiger partial charge < -0.3 is 20.3 Å². The number of ether oxygens (including phenoxy) is 1. The zero-order chi connectivity index (χ0) is 20.2. The normalized spacial score (nSPS) is 11.0. The molecule has 0 amide bonds. The average Bonchev–Trinajstić information content (AvgIpc) is 2.69. The van der Waals surface area contributed by atoms with E-state index in [1.807, 2.05) is 24.3 Å². The summed E-state index contributed by atoms with van der Waals surface area (Å²) in [5.41, 5.74) is 3.64. The third-order valence-corrected chi connectivity index (χ3v) is 4.13. The molecular formula is C23H33IN4O. The molecule has 0 fully saturated rings. The average molecular weight is 508 g/mol. The lowest BCUT2D eigenvalue weighted by Gasteiger charge is -2.16. The van der Waals surface area contributed by atoms with Gasteiger partial charge in [0.25, 0.3) is 0 Å². The van der Waals surface area contributed by atoms with Crippen LogP contribution in [0.15, 0.2) is 66.2 Å². The summed E-state index contributed by atoms with van der Waals surface area (Å²) < 4.78 is 5.73. The first-order valence-corrected chi connectivity index (χ1v) is 9.69. The highest BCUT2D eigenvalue weighted by atomic mass is 127. The van der Waals surface area contributed by atoms with Crippen molar-refractivity contribution in [3.63, 3.8) is 0 Å². The molecule has 2 aromatic rings. The predicted molar refractivity (Wildman–Crippen MR) is 133 cm³/mol. The van der Waals surface area contributed by atoms with Gasteiger partial charge in [0.1, 0.15) is 12.4 Å². The summed E-state index contributed by atoms with van der Waals surface area (Å²) in [7, 11) is 4.17. The topological polar surface area (TPSA) is 48.9 Å². The smallest absolute Gasteiger partial charge is 0.191 e. The Kier molecular flexibility index (Phi) is 12.1. The molecule has 0 aliphatic rings. The number of halogens is 1. The Labute approximate surface area is 192 Å². The molecule has 2 rings (SSSR count). The molecule has 0 spiro atoms. The van der Waals surface area contributed by atoms with Crippen molar-refractivity contribution in [2.75, 3.05) is 27.2 Å². The Morgan fingerprint density at radius 3 is 2.34 bits per heavy atom. The van der Waals surface area contributed by atoms with E-state index >= 15 is 0 Å². The van der Waals surface area contributed by atoms with Crippen molar-refractivity contribution in [3.8, 4) is 5.75 Å². The Morgan fingerprint density at radius 2 is 1.69 bits per heavy atom. The first kappa shape index (κ1) is 25.0. The van der Waals surface area contributed by atoms with Gasteiger partial charge in [-0.15, -0.1) is 24.0 Å². The van der Waals surface area contributed by atoms with Gasteiger partial charge in [-0.05, 0) is 38.2 Å². The zero-order valence-corrected chi connectivity index (χ0v) is 20.0. The van der Waals surface area contributed by atoms with Gasteiger partial charge in [-0.1, -0.05) is 55.1 Å². The van der Waals surface area contributed by atoms with E-state index in [0.29, 0.717) is 13.2 Å². The molecule has 0 saturated carbocycles. The quantitative estimate of drug-likeness (QED) is 0.219. The Morgan fingerprint density at radius 1 is 1.03 bits per heavy atom. The molecule has 158 valence electrons. The first-order valence-electron chi connectivity index (χ1n) is 9.69. The third kappa shape index (κ3) is 8.87. The van der Waals surface area contributed by atoms with Crippen LogP contribution in [0.4, 0.5) is 0 Å². The summed E-state index contributed by atoms with van der Waals surface area (Å²) in [5.74, 6) is 1.64. The van der Waals surface area contributed by atoms with Crippen LogP contribution >= 0.6 is 24.0 Å². The summed E-state index contributed by atoms with van der Waals surface area (Å²) >= 11 is 0. The van der Waals surface area contributed by atoms with Crippen molar-refractivity contribution in [2.24, 2.45) is 4.99 Å². The van der Waals surface area contributed by atoms with Gasteiger partial charge in [0.2, 0.25) is 0 Å². The van der Waals surface area contributed by atoms with Crippen LogP contribution in [-0.2, 0) is 19.6 Å². The lowest BCUT2D eigenvalue weighted by atomic mass is 10.1. The van der Waals surface area contributed by atoms with Gasteiger partial charge in [0.15, 0.2) is 5.96 Å². The fourth-order valence-electron chi connectivity index (χ4n) is 2.83. The highest BCUT2D eigenvalue weighted by Crippen LogP contribution is 2.19. The lowest BCUT2D eigenvalue weighted by molar-refractivity contribution is 0.359. The lowest BCUT2D eigenvalue weighted by Crippen LogP contribution is -2.37. The maximum absolute atomic E-state index is 5.73. The second-order valence-corrected chi connectivity index (χ2v) is 6.76. The van der Waals surface area contributed by atoms with Crippen molar-refractivity contribution >= 4 is 29.9 Å². The molecule has 0 aliphatic heterocycles. The number of para-hydroxylation sites is 1. The van der Waals surface area contributed by atoms with Crippen LogP contribution in [0, 0.1) is 0 Å². The molecule has 5 nitrogen and oxygen atoms in total. The van der Waals surface area contributed by atoms with Crippen LogP contribution in [0.3, 0.4) is 0 Å². The van der Waals surface area contributed by atoms with Crippen LogP contribution in [-0.4, -0.2) is 38.1 Å². The second-order valence-electron chi connectivity index (χ2n) is 6.76. The second kappa shape index (κ2) is 14.0. The SMILES string of the molecule is C=CCOc1ccccc1CN=C(NCC)NCc1ccccc1CN(C)C.I. The largest absolute Gasteiger partial charge is 0.489 e. The summed E-state index contributed by atoms with van der Waals surface area (Å²) in [6, 6.07) is 16.5. The van der Waals surface area contributed by atoms with Gasteiger partial charge in [0, 0.05) is 25.2 Å². The number of hydrogen-bond acceptors (Lipinski definition) is 3. The van der Waals surface area contributed by atoms with E-state index in [4.69, 9.17) is 9.73 Å². The maximum atomic E-state index is 5.73. The minimum absolute atomic E-state index is 0. The molecule has 0 radical (unpaired) electrons. The number of aliphatic imine (C=N–C) groups is 1. The van der Waals surface area contributed by atoms with Crippen molar-refractivity contribution in [2.45, 2.75) is 26.6 Å². The van der Waals surface area contributed by atoms with E-state index in [1.165, 1.54) is 11.1 Å². The molecule has 29 heavy (non-hydrogen) atoms. The molecule has 0 saturated heterocycles. The number of guanidine groups is 1. The zero-order valence-electron chi connectivity index (χ0n) is 17.6. The summed E-state index contributed by atoms with van der Waals surface area (Å²) in [5, 5.41) is 6.76. The molecular weight excluding hydrogens is 475 g/mol. The minimum atomic E-state index is 0.